The second-order valence-corrected chi connectivity index (χ2v) is 13.1. The van der Waals surface area contributed by atoms with Crippen LogP contribution in [0.1, 0.15) is 26.2 Å². The lowest BCUT2D eigenvalue weighted by molar-refractivity contribution is -0.111. The molecule has 12 heteroatoms. The summed E-state index contributed by atoms with van der Waals surface area (Å²) in [5.41, 5.74) is 0.694. The Bertz CT molecular complexity index is 1860. The molecule has 10 nitrogen and oxygen atoms in total. The molecular formula is C35H38FN3O7S. The van der Waals surface area contributed by atoms with Crippen LogP contribution in [0.25, 0.3) is 10.9 Å². The quantitative estimate of drug-likeness (QED) is 0.125. The highest BCUT2D eigenvalue weighted by Gasteiger charge is 2.18. The molecule has 0 radical (unpaired) electrons. The van der Waals surface area contributed by atoms with E-state index in [1.165, 1.54) is 44.2 Å². The van der Waals surface area contributed by atoms with Gasteiger partial charge in [0, 0.05) is 47.4 Å². The number of likely N-dealkylation sites (tertiary alicyclic amines) is 1. The predicted molar refractivity (Wildman–Crippen MR) is 178 cm³/mol. The van der Waals surface area contributed by atoms with Crippen molar-refractivity contribution in [2.75, 3.05) is 45.8 Å². The number of para-hydroxylation sites is 1. The second-order valence-electron chi connectivity index (χ2n) is 11.3. The average molecular weight is 664 g/mol. The summed E-state index contributed by atoms with van der Waals surface area (Å²) in [6.45, 7) is 6.07. The van der Waals surface area contributed by atoms with Crippen LogP contribution >= 0.6 is 0 Å². The maximum Gasteiger partial charge on any atom is 0.249 e. The predicted octanol–water partition coefficient (Wildman–Crippen LogP) is 6.61. The van der Waals surface area contributed by atoms with Crippen molar-refractivity contribution in [3.8, 4) is 28.7 Å². The number of hydrogen-bond acceptors (Lipinski definition) is 9. The van der Waals surface area contributed by atoms with Gasteiger partial charge in [-0.3, -0.25) is 9.78 Å². The number of carbonyl (C=O) groups excluding carboxylic acids is 1. The van der Waals surface area contributed by atoms with Crippen molar-refractivity contribution >= 4 is 32.3 Å². The molecular weight excluding hydrogens is 625 g/mol. The third-order valence-corrected chi connectivity index (χ3v) is 9.38. The van der Waals surface area contributed by atoms with Crippen LogP contribution in [0, 0.1) is 11.7 Å². The number of ether oxygens (including phenoxy) is 4. The molecule has 0 aliphatic carbocycles. The van der Waals surface area contributed by atoms with Crippen LogP contribution in [-0.2, 0) is 14.6 Å². The topological polar surface area (TPSA) is 116 Å². The zero-order valence-electron chi connectivity index (χ0n) is 26.6. The highest BCUT2D eigenvalue weighted by Crippen LogP contribution is 2.38. The molecule has 5 rings (SSSR count). The number of amides is 1. The van der Waals surface area contributed by atoms with Gasteiger partial charge in [0.2, 0.25) is 15.7 Å². The van der Waals surface area contributed by atoms with Crippen molar-refractivity contribution in [1.29, 1.82) is 0 Å². The molecule has 0 atom stereocenters. The summed E-state index contributed by atoms with van der Waals surface area (Å²) < 4.78 is 63.2. The number of carbonyl (C=O) groups is 1. The van der Waals surface area contributed by atoms with Gasteiger partial charge in [0.25, 0.3) is 0 Å². The van der Waals surface area contributed by atoms with Crippen molar-refractivity contribution in [3.05, 3.63) is 84.2 Å². The van der Waals surface area contributed by atoms with E-state index < -0.39 is 21.6 Å². The fraction of sp³-hybridized carbons (Fsp3) is 0.314. The number of halogens is 1. The maximum absolute atomic E-state index is 15.1. The van der Waals surface area contributed by atoms with E-state index in [0.29, 0.717) is 34.8 Å². The molecule has 0 saturated carbocycles. The van der Waals surface area contributed by atoms with Gasteiger partial charge in [0.1, 0.15) is 16.4 Å². The Morgan fingerprint density at radius 1 is 0.979 bits per heavy atom. The molecule has 3 aromatic carbocycles. The van der Waals surface area contributed by atoms with Gasteiger partial charge in [-0.25, -0.2) is 12.8 Å². The number of nitrogens with one attached hydrogen (secondary N) is 1. The van der Waals surface area contributed by atoms with Gasteiger partial charge in [0.15, 0.2) is 23.1 Å². The molecule has 248 valence electrons. The maximum atomic E-state index is 15.1. The van der Waals surface area contributed by atoms with Crippen molar-refractivity contribution < 1.29 is 36.6 Å². The summed E-state index contributed by atoms with van der Waals surface area (Å²) in [6, 6.07) is 15.1. The summed E-state index contributed by atoms with van der Waals surface area (Å²) in [5, 5.41) is 3.82. The number of anilines is 1. The molecule has 1 N–H and O–H groups in total. The van der Waals surface area contributed by atoms with Crippen molar-refractivity contribution in [3.63, 3.8) is 0 Å². The van der Waals surface area contributed by atoms with Crippen molar-refractivity contribution in [2.45, 2.75) is 31.1 Å². The van der Waals surface area contributed by atoms with Crippen LogP contribution in [0.5, 0.6) is 28.7 Å². The number of nitrogens with zero attached hydrogens (tertiary/aromatic N) is 2. The zero-order valence-corrected chi connectivity index (χ0v) is 27.4. The normalized spacial score (nSPS) is 14.3. The number of rotatable bonds is 13. The lowest BCUT2D eigenvalue weighted by Crippen LogP contribution is -2.34. The Labute approximate surface area is 274 Å². The fourth-order valence-electron chi connectivity index (χ4n) is 5.29. The summed E-state index contributed by atoms with van der Waals surface area (Å²) in [5.74, 6) is 0.766. The van der Waals surface area contributed by atoms with Crippen molar-refractivity contribution in [1.82, 2.24) is 9.88 Å². The lowest BCUT2D eigenvalue weighted by Gasteiger charge is -2.30. The first kappa shape index (κ1) is 33.7. The first-order chi connectivity index (χ1) is 22.7. The molecule has 2 heterocycles. The highest BCUT2D eigenvalue weighted by molar-refractivity contribution is 7.94. The Balaban J connectivity index is 1.23. The van der Waals surface area contributed by atoms with E-state index in [4.69, 9.17) is 18.9 Å². The average Bonchev–Trinajstić information content (AvgIpc) is 3.07. The van der Waals surface area contributed by atoms with Crippen LogP contribution in [-0.4, -0.2) is 64.7 Å². The van der Waals surface area contributed by atoms with E-state index in [2.05, 4.69) is 22.1 Å². The summed E-state index contributed by atoms with van der Waals surface area (Å²) in [6.07, 6.45) is 5.77. The minimum atomic E-state index is -3.96. The van der Waals surface area contributed by atoms with E-state index >= 15 is 4.39 Å². The number of aromatic nitrogens is 1. The van der Waals surface area contributed by atoms with Gasteiger partial charge < -0.3 is 29.2 Å². The Kier molecular flexibility index (Phi) is 10.9. The summed E-state index contributed by atoms with van der Waals surface area (Å²) in [4.78, 5) is 19.3. The Morgan fingerprint density at radius 2 is 1.74 bits per heavy atom. The van der Waals surface area contributed by atoms with Gasteiger partial charge >= 0.3 is 0 Å². The van der Waals surface area contributed by atoms with E-state index in [-0.39, 0.29) is 22.1 Å². The molecule has 1 aromatic heterocycles. The van der Waals surface area contributed by atoms with Gasteiger partial charge in [-0.1, -0.05) is 19.1 Å². The van der Waals surface area contributed by atoms with Crippen LogP contribution in [0.15, 0.2) is 83.2 Å². The molecule has 0 bridgehead atoms. The molecule has 1 aliphatic rings. The molecule has 1 saturated heterocycles. The van der Waals surface area contributed by atoms with Crippen LogP contribution in [0.4, 0.5) is 10.1 Å². The number of methoxy groups -OCH3 is 2. The first-order valence-electron chi connectivity index (χ1n) is 15.3. The van der Waals surface area contributed by atoms with E-state index in [1.54, 1.807) is 43.6 Å². The van der Waals surface area contributed by atoms with Gasteiger partial charge in [-0.2, -0.15) is 0 Å². The fourth-order valence-corrected chi connectivity index (χ4v) is 6.44. The molecule has 1 fully saturated rings. The molecule has 0 spiro atoms. The standard InChI is InChI=1S/C35H38FN3O7S/c1-24-12-17-39(18-13-24)16-6-19-45-33-23-28-26(22-32(33)44-3)29(11-15-37-28)46-30-10-9-25(21-27(30)36)38-35(40)14-20-47(41,42)34-8-5-4-7-31(34)43-2/h4-5,7-11,14-15,20-24H,6,12-13,16-19H2,1-3H3,(H,38,40)/b20-14+. The van der Waals surface area contributed by atoms with Gasteiger partial charge in [-0.05, 0) is 74.7 Å². The highest BCUT2D eigenvalue weighted by atomic mass is 32.2. The Hall–Kier alpha value is -4.68. The van der Waals surface area contributed by atoms with E-state index in [1.807, 2.05) is 0 Å². The number of piperidine rings is 1. The number of fused-ring (bicyclic) bond motifs is 1. The zero-order chi connectivity index (χ0) is 33.4. The Morgan fingerprint density at radius 3 is 2.49 bits per heavy atom. The van der Waals surface area contributed by atoms with Gasteiger partial charge in [0.05, 0.1) is 26.3 Å². The number of hydrogen-bond donors (Lipinski definition) is 1. The minimum absolute atomic E-state index is 0.0814. The van der Waals surface area contributed by atoms with Crippen molar-refractivity contribution in [2.24, 2.45) is 5.92 Å². The third kappa shape index (κ3) is 8.57. The summed E-state index contributed by atoms with van der Waals surface area (Å²) in [7, 11) is -1.06. The summed E-state index contributed by atoms with van der Waals surface area (Å²) >= 11 is 0. The number of sulfone groups is 1. The monoisotopic (exact) mass is 663 g/mol. The van der Waals surface area contributed by atoms with Crippen LogP contribution in [0.2, 0.25) is 0 Å². The molecule has 1 aliphatic heterocycles. The lowest BCUT2D eigenvalue weighted by atomic mass is 9.99. The van der Waals surface area contributed by atoms with E-state index in [9.17, 15) is 13.2 Å². The number of pyridine rings is 1. The smallest absolute Gasteiger partial charge is 0.249 e. The van der Waals surface area contributed by atoms with Gasteiger partial charge in [-0.15, -0.1) is 0 Å². The molecule has 0 unspecified atom stereocenters. The largest absolute Gasteiger partial charge is 0.495 e. The van der Waals surface area contributed by atoms with E-state index in [0.717, 1.165) is 49.5 Å². The molecule has 1 amide bonds. The van der Waals surface area contributed by atoms with Crippen LogP contribution in [0.3, 0.4) is 0 Å². The molecule has 4 aromatic rings. The SMILES string of the molecule is COc1cc2c(Oc3ccc(NC(=O)/C=C/S(=O)(=O)c4ccccc4OC)cc3F)ccnc2cc1OCCCN1CCC(C)CC1. The second kappa shape index (κ2) is 15.3. The third-order valence-electron chi connectivity index (χ3n) is 7.93. The first-order valence-corrected chi connectivity index (χ1v) is 16.9. The minimum Gasteiger partial charge on any atom is -0.495 e. The molecule has 47 heavy (non-hydrogen) atoms. The van der Waals surface area contributed by atoms with Crippen LogP contribution < -0.4 is 24.3 Å². The number of benzene rings is 3.